The van der Waals surface area contributed by atoms with Crippen molar-refractivity contribution >= 4 is 23.4 Å². The van der Waals surface area contributed by atoms with Gasteiger partial charge in [-0.2, -0.15) is 0 Å². The van der Waals surface area contributed by atoms with E-state index in [0.29, 0.717) is 41.9 Å². The van der Waals surface area contributed by atoms with Crippen LogP contribution in [0, 0.1) is 5.92 Å². The van der Waals surface area contributed by atoms with Crippen molar-refractivity contribution in [3.63, 3.8) is 0 Å². The van der Waals surface area contributed by atoms with E-state index < -0.39 is 11.8 Å². The van der Waals surface area contributed by atoms with Gasteiger partial charge in [0.15, 0.2) is 0 Å². The fraction of sp³-hybridized carbons (Fsp3) is 0.348. The SMILES string of the molecule is CCOc1ccc(NC(=O)CCC(=O)NNC(=O)c2cccc(OCC(C)C)c2)cc1. The second-order valence-corrected chi connectivity index (χ2v) is 7.24. The van der Waals surface area contributed by atoms with Gasteiger partial charge in [0.1, 0.15) is 11.5 Å². The highest BCUT2D eigenvalue weighted by atomic mass is 16.5. The zero-order chi connectivity index (χ0) is 22.6. The van der Waals surface area contributed by atoms with Gasteiger partial charge in [0.2, 0.25) is 11.8 Å². The van der Waals surface area contributed by atoms with Crippen molar-refractivity contribution in [3.8, 4) is 11.5 Å². The number of benzene rings is 2. The first-order valence-electron chi connectivity index (χ1n) is 10.2. The Morgan fingerprint density at radius 2 is 1.58 bits per heavy atom. The second-order valence-electron chi connectivity index (χ2n) is 7.24. The van der Waals surface area contributed by atoms with Crippen LogP contribution >= 0.6 is 0 Å². The fourth-order valence-electron chi connectivity index (χ4n) is 2.50. The van der Waals surface area contributed by atoms with Gasteiger partial charge < -0.3 is 14.8 Å². The minimum Gasteiger partial charge on any atom is -0.494 e. The Morgan fingerprint density at radius 3 is 2.26 bits per heavy atom. The molecule has 0 bridgehead atoms. The first-order chi connectivity index (χ1) is 14.9. The van der Waals surface area contributed by atoms with Gasteiger partial charge in [-0.05, 0) is 55.3 Å². The molecule has 0 atom stereocenters. The van der Waals surface area contributed by atoms with Crippen molar-refractivity contribution in [2.24, 2.45) is 5.92 Å². The first kappa shape index (κ1) is 23.7. The molecular weight excluding hydrogens is 398 g/mol. The van der Waals surface area contributed by atoms with E-state index in [2.05, 4.69) is 16.2 Å². The van der Waals surface area contributed by atoms with E-state index in [0.717, 1.165) is 0 Å². The van der Waals surface area contributed by atoms with E-state index in [1.807, 2.05) is 20.8 Å². The maximum atomic E-state index is 12.2. The van der Waals surface area contributed by atoms with Gasteiger partial charge in [-0.25, -0.2) is 0 Å². The van der Waals surface area contributed by atoms with E-state index >= 15 is 0 Å². The van der Waals surface area contributed by atoms with Crippen LogP contribution in [-0.2, 0) is 9.59 Å². The molecule has 0 heterocycles. The Kier molecular flexibility index (Phi) is 9.35. The minimum atomic E-state index is -0.470. The van der Waals surface area contributed by atoms with Crippen LogP contribution in [0.25, 0.3) is 0 Å². The van der Waals surface area contributed by atoms with E-state index in [1.165, 1.54) is 0 Å². The number of ether oxygens (including phenoxy) is 2. The summed E-state index contributed by atoms with van der Waals surface area (Å²) in [6.07, 6.45) is -0.0892. The Labute approximate surface area is 182 Å². The lowest BCUT2D eigenvalue weighted by Crippen LogP contribution is -2.41. The number of hydrazine groups is 1. The molecule has 2 aromatic carbocycles. The summed E-state index contributed by atoms with van der Waals surface area (Å²) >= 11 is 0. The number of rotatable bonds is 10. The highest BCUT2D eigenvalue weighted by Gasteiger charge is 2.11. The molecule has 0 aliphatic rings. The highest BCUT2D eigenvalue weighted by molar-refractivity contribution is 5.96. The molecular formula is C23H29N3O5. The minimum absolute atomic E-state index is 0.0204. The predicted molar refractivity (Wildman–Crippen MR) is 118 cm³/mol. The van der Waals surface area contributed by atoms with E-state index in [9.17, 15) is 14.4 Å². The van der Waals surface area contributed by atoms with Crippen LogP contribution in [0.1, 0.15) is 44.0 Å². The van der Waals surface area contributed by atoms with Crippen LogP contribution in [0.5, 0.6) is 11.5 Å². The Hall–Kier alpha value is -3.55. The molecule has 0 spiro atoms. The molecule has 0 unspecified atom stereocenters. The molecule has 0 radical (unpaired) electrons. The third kappa shape index (κ3) is 8.77. The second kappa shape index (κ2) is 12.2. The third-order valence-electron chi connectivity index (χ3n) is 4.02. The van der Waals surface area contributed by atoms with Crippen LogP contribution < -0.4 is 25.6 Å². The highest BCUT2D eigenvalue weighted by Crippen LogP contribution is 2.16. The van der Waals surface area contributed by atoms with Gasteiger partial charge in [0, 0.05) is 24.1 Å². The summed E-state index contributed by atoms with van der Waals surface area (Å²) in [5.74, 6) is 0.417. The summed E-state index contributed by atoms with van der Waals surface area (Å²) in [5.41, 5.74) is 5.63. The number of nitrogens with one attached hydrogen (secondary N) is 3. The van der Waals surface area contributed by atoms with Gasteiger partial charge in [-0.1, -0.05) is 19.9 Å². The number of carbonyl (C=O) groups excluding carboxylic acids is 3. The van der Waals surface area contributed by atoms with Gasteiger partial charge in [-0.3, -0.25) is 25.2 Å². The maximum absolute atomic E-state index is 12.2. The monoisotopic (exact) mass is 427 g/mol. The van der Waals surface area contributed by atoms with Crippen LogP contribution in [0.4, 0.5) is 5.69 Å². The first-order valence-corrected chi connectivity index (χ1v) is 10.2. The molecule has 0 aliphatic heterocycles. The van der Waals surface area contributed by atoms with Crippen molar-refractivity contribution in [2.75, 3.05) is 18.5 Å². The molecule has 8 nitrogen and oxygen atoms in total. The molecule has 0 saturated heterocycles. The number of hydrogen-bond donors (Lipinski definition) is 3. The van der Waals surface area contributed by atoms with Crippen molar-refractivity contribution in [3.05, 3.63) is 54.1 Å². The number of anilines is 1. The van der Waals surface area contributed by atoms with Crippen LogP contribution in [-0.4, -0.2) is 30.9 Å². The van der Waals surface area contributed by atoms with Crippen molar-refractivity contribution in [1.82, 2.24) is 10.9 Å². The van der Waals surface area contributed by atoms with Gasteiger partial charge >= 0.3 is 0 Å². The number of hydrogen-bond acceptors (Lipinski definition) is 5. The average Bonchev–Trinajstić information content (AvgIpc) is 2.76. The summed E-state index contributed by atoms with van der Waals surface area (Å²) in [6, 6.07) is 13.7. The summed E-state index contributed by atoms with van der Waals surface area (Å²) in [5, 5.41) is 2.71. The molecule has 3 N–H and O–H groups in total. The lowest BCUT2D eigenvalue weighted by molar-refractivity contribution is -0.124. The molecule has 0 aromatic heterocycles. The van der Waals surface area contributed by atoms with Crippen molar-refractivity contribution in [1.29, 1.82) is 0 Å². The Morgan fingerprint density at radius 1 is 0.871 bits per heavy atom. The van der Waals surface area contributed by atoms with Crippen molar-refractivity contribution in [2.45, 2.75) is 33.6 Å². The molecule has 3 amide bonds. The molecule has 0 aliphatic carbocycles. The Balaban J connectivity index is 1.73. The largest absolute Gasteiger partial charge is 0.494 e. The summed E-state index contributed by atoms with van der Waals surface area (Å²) in [4.78, 5) is 36.2. The van der Waals surface area contributed by atoms with Crippen LogP contribution in [0.3, 0.4) is 0 Å². The zero-order valence-electron chi connectivity index (χ0n) is 18.1. The van der Waals surface area contributed by atoms with E-state index in [4.69, 9.17) is 9.47 Å². The molecule has 2 rings (SSSR count). The molecule has 2 aromatic rings. The maximum Gasteiger partial charge on any atom is 0.269 e. The van der Waals surface area contributed by atoms with Gasteiger partial charge in [0.25, 0.3) is 5.91 Å². The fourth-order valence-corrected chi connectivity index (χ4v) is 2.50. The lowest BCUT2D eigenvalue weighted by atomic mass is 10.2. The van der Waals surface area contributed by atoms with E-state index in [1.54, 1.807) is 48.5 Å². The molecule has 31 heavy (non-hydrogen) atoms. The molecule has 0 fully saturated rings. The van der Waals surface area contributed by atoms with E-state index in [-0.39, 0.29) is 18.7 Å². The quantitative estimate of drug-likeness (QED) is 0.505. The number of carbonyl (C=O) groups is 3. The van der Waals surface area contributed by atoms with Crippen LogP contribution in [0.2, 0.25) is 0 Å². The Bertz CT molecular complexity index is 881. The average molecular weight is 428 g/mol. The molecule has 166 valence electrons. The van der Waals surface area contributed by atoms with Crippen LogP contribution in [0.15, 0.2) is 48.5 Å². The van der Waals surface area contributed by atoms with Gasteiger partial charge in [0.05, 0.1) is 13.2 Å². The lowest BCUT2D eigenvalue weighted by Gasteiger charge is -2.11. The summed E-state index contributed by atoms with van der Waals surface area (Å²) in [7, 11) is 0. The topological polar surface area (TPSA) is 106 Å². The molecule has 8 heteroatoms. The normalized spacial score (nSPS) is 10.3. The standard InChI is InChI=1S/C23H29N3O5/c1-4-30-19-10-8-18(9-11-19)24-21(27)12-13-22(28)25-26-23(29)17-6-5-7-20(14-17)31-15-16(2)3/h5-11,14,16H,4,12-13,15H2,1-3H3,(H,24,27)(H,25,28)(H,26,29). The summed E-state index contributed by atoms with van der Waals surface area (Å²) in [6.45, 7) is 7.06. The van der Waals surface area contributed by atoms with Crippen molar-refractivity contribution < 1.29 is 23.9 Å². The summed E-state index contributed by atoms with van der Waals surface area (Å²) < 4.78 is 10.9. The predicted octanol–water partition coefficient (Wildman–Crippen LogP) is 3.30. The number of amides is 3. The third-order valence-corrected chi connectivity index (χ3v) is 4.02. The molecule has 0 saturated carbocycles. The van der Waals surface area contributed by atoms with Gasteiger partial charge in [-0.15, -0.1) is 0 Å². The smallest absolute Gasteiger partial charge is 0.269 e. The zero-order valence-corrected chi connectivity index (χ0v) is 18.1.